The highest BCUT2D eigenvalue weighted by Crippen LogP contribution is 2.47. The summed E-state index contributed by atoms with van der Waals surface area (Å²) in [6.45, 7) is 9.67. The highest BCUT2D eigenvalue weighted by Gasteiger charge is 2.46. The maximum absolute atomic E-state index is 11.4. The molecule has 0 radical (unpaired) electrons. The summed E-state index contributed by atoms with van der Waals surface area (Å²) in [7, 11) is -13.9. The second-order valence-corrected chi connectivity index (χ2v) is 16.6. The van der Waals surface area contributed by atoms with E-state index in [1.807, 2.05) is 0 Å². The van der Waals surface area contributed by atoms with Gasteiger partial charge in [0.25, 0.3) is 0 Å². The van der Waals surface area contributed by atoms with Gasteiger partial charge in [0.05, 0.1) is 6.16 Å². The summed E-state index contributed by atoms with van der Waals surface area (Å²) in [4.78, 5) is 0. The molecule has 14 heteroatoms. The van der Waals surface area contributed by atoms with Gasteiger partial charge in [-0.1, -0.05) is 58.3 Å². The number of nitrogens with zero attached hydrogens (tertiary/aromatic N) is 1. The third kappa shape index (κ3) is 17.1. The van der Waals surface area contributed by atoms with E-state index in [-0.39, 0.29) is 0 Å². The molecule has 0 bridgehead atoms. The number of hydrogen-bond acceptors (Lipinski definition) is 4. The largest absolute Gasteiger partial charge is 0.480 e. The van der Waals surface area contributed by atoms with Crippen molar-refractivity contribution < 1.29 is 43.2 Å². The van der Waals surface area contributed by atoms with Crippen LogP contribution in [0.2, 0.25) is 0 Å². The Morgan fingerprint density at radius 1 is 0.613 bits per heavy atom. The summed E-state index contributed by atoms with van der Waals surface area (Å²) in [6, 6.07) is 0. The van der Waals surface area contributed by atoms with Gasteiger partial charge in [-0.25, -0.2) is 16.8 Å². The van der Waals surface area contributed by atoms with Crippen LogP contribution in [0.3, 0.4) is 0 Å². The number of unbranched alkanes of at least 4 members (excludes halogenated alkanes) is 9. The first kappa shape index (κ1) is 33.0. The Hall–Kier alpha value is -0.130. The third-order valence-electron chi connectivity index (χ3n) is 3.96. The summed E-state index contributed by atoms with van der Waals surface area (Å²) >= 11 is 0. The van der Waals surface area contributed by atoms with E-state index in [1.165, 1.54) is 70.4 Å². The fourth-order valence-corrected chi connectivity index (χ4v) is 5.17. The molecule has 0 aromatic carbocycles. The molecule has 0 aromatic rings. The van der Waals surface area contributed by atoms with Crippen LogP contribution in [0.1, 0.15) is 71.1 Å². The Morgan fingerprint density at radius 3 is 1.16 bits per heavy atom. The first-order chi connectivity index (χ1) is 13.8. The minimum absolute atomic E-state index is 0.490. The van der Waals surface area contributed by atoms with E-state index in [0.717, 1.165) is 4.13 Å². The van der Waals surface area contributed by atoms with Gasteiger partial charge >= 0.3 is 11.0 Å². The predicted molar refractivity (Wildman–Crippen MR) is 115 cm³/mol. The summed E-state index contributed by atoms with van der Waals surface area (Å²) < 4.78 is 109. The van der Waals surface area contributed by atoms with E-state index in [0.29, 0.717) is 0 Å². The van der Waals surface area contributed by atoms with Crippen molar-refractivity contribution in [2.45, 2.75) is 82.1 Å². The zero-order valence-corrected chi connectivity index (χ0v) is 20.9. The fraction of sp³-hybridized carbons (Fsp3) is 1.00. The van der Waals surface area contributed by atoms with Gasteiger partial charge in [-0.05, 0) is 12.8 Å². The zero-order valence-electron chi connectivity index (χ0n) is 18.4. The van der Waals surface area contributed by atoms with Gasteiger partial charge in [0.1, 0.15) is 0 Å². The summed E-state index contributed by atoms with van der Waals surface area (Å²) in [5.41, 5.74) is -12.4. The first-order valence-electron chi connectivity index (χ1n) is 9.94. The molecule has 31 heavy (non-hydrogen) atoms. The molecule has 0 aliphatic rings. The predicted octanol–water partition coefficient (Wildman–Crippen LogP) is 6.87. The number of sulfonamides is 2. The smallest absolute Gasteiger partial charge is 0.421 e. The Bertz CT molecular complexity index is 645. The standard InChI is InChI=1S/C15H34P.C2F6NO4S2/c1-5-6-7-8-9-10-11-12-13-14-15-16(2,3)4;3-1(4,5)14(10,11)9-15(12,13)2(6,7)8/h5-15H2,1-4H3;/q+1;-1. The van der Waals surface area contributed by atoms with Crippen LogP contribution < -0.4 is 0 Å². The molecule has 0 aliphatic carbocycles. The lowest BCUT2D eigenvalue weighted by Gasteiger charge is -2.22. The maximum atomic E-state index is 11.4. The molecule has 0 spiro atoms. The second-order valence-electron chi connectivity index (χ2n) is 8.11. The normalized spacial score (nSPS) is 13.6. The molecule has 0 aliphatic heterocycles. The summed E-state index contributed by atoms with van der Waals surface area (Å²) in [5.74, 6) is 0. The zero-order chi connectivity index (χ0) is 25.0. The fourth-order valence-electron chi connectivity index (χ4n) is 2.29. The van der Waals surface area contributed by atoms with Crippen molar-refractivity contribution in [3.63, 3.8) is 0 Å². The van der Waals surface area contributed by atoms with Crippen molar-refractivity contribution in [2.75, 3.05) is 26.2 Å². The molecule has 0 aromatic heterocycles. The lowest BCUT2D eigenvalue weighted by atomic mass is 10.1. The van der Waals surface area contributed by atoms with E-state index in [4.69, 9.17) is 0 Å². The lowest BCUT2D eigenvalue weighted by Crippen LogP contribution is -2.30. The lowest BCUT2D eigenvalue weighted by molar-refractivity contribution is -0.0444. The number of hydrogen-bond donors (Lipinski definition) is 0. The van der Waals surface area contributed by atoms with Gasteiger partial charge in [0, 0.05) is 27.3 Å². The minimum Gasteiger partial charge on any atom is -0.421 e. The molecule has 190 valence electrons. The van der Waals surface area contributed by atoms with Crippen LogP contribution in [-0.4, -0.2) is 54.0 Å². The molecule has 0 unspecified atom stereocenters. The molecule has 0 heterocycles. The summed E-state index contributed by atoms with van der Waals surface area (Å²) in [5, 5.41) is 0. The molecule has 0 fully saturated rings. The van der Waals surface area contributed by atoms with Crippen LogP contribution in [-0.2, 0) is 20.0 Å². The summed E-state index contributed by atoms with van der Waals surface area (Å²) in [6.07, 6.45) is 16.1. The van der Waals surface area contributed by atoms with Gasteiger partial charge in [-0.2, -0.15) is 26.3 Å². The molecule has 0 N–H and O–H groups in total. The van der Waals surface area contributed by atoms with E-state index < -0.39 is 38.3 Å². The second kappa shape index (κ2) is 14.2. The number of rotatable bonds is 13. The van der Waals surface area contributed by atoms with Gasteiger partial charge in [0.2, 0.25) is 0 Å². The van der Waals surface area contributed by atoms with Crippen molar-refractivity contribution in [2.24, 2.45) is 0 Å². The quantitative estimate of drug-likeness (QED) is 0.149. The topological polar surface area (TPSA) is 82.4 Å². The number of halogens is 6. The number of alkyl halides is 6. The Kier molecular flexibility index (Phi) is 15.1. The Labute approximate surface area is 183 Å². The third-order valence-corrected chi connectivity index (χ3v) is 8.36. The molecule has 0 atom stereocenters. The SMILES string of the molecule is CCCCCCCCCCCC[P+](C)(C)C.O=S(=O)([N-]S(=O)(=O)C(F)(F)F)C(F)(F)F. The molecular weight excluding hydrogens is 491 g/mol. The molecule has 0 rings (SSSR count). The van der Waals surface area contributed by atoms with Crippen molar-refractivity contribution in [3.8, 4) is 0 Å². The van der Waals surface area contributed by atoms with Crippen LogP contribution in [0.5, 0.6) is 0 Å². The first-order valence-corrected chi connectivity index (χ1v) is 16.1. The molecule has 5 nitrogen and oxygen atoms in total. The van der Waals surface area contributed by atoms with Crippen LogP contribution in [0.25, 0.3) is 4.13 Å². The maximum Gasteiger partial charge on any atom is 0.480 e. The highest BCUT2D eigenvalue weighted by molar-refractivity contribution is 8.13. The van der Waals surface area contributed by atoms with Gasteiger partial charge < -0.3 is 4.13 Å². The average Bonchev–Trinajstić information content (AvgIpc) is 2.53. The van der Waals surface area contributed by atoms with Crippen molar-refractivity contribution in [3.05, 3.63) is 4.13 Å². The average molecular weight is 526 g/mol. The Balaban J connectivity index is 0. The van der Waals surface area contributed by atoms with Crippen molar-refractivity contribution in [1.82, 2.24) is 0 Å². The van der Waals surface area contributed by atoms with Crippen molar-refractivity contribution >= 4 is 27.3 Å². The molecule has 0 saturated carbocycles. The minimum atomic E-state index is -6.72. The van der Waals surface area contributed by atoms with Gasteiger partial charge in [0.15, 0.2) is 20.0 Å². The monoisotopic (exact) mass is 525 g/mol. The van der Waals surface area contributed by atoms with Gasteiger partial charge in [-0.3, -0.25) is 0 Å². The highest BCUT2D eigenvalue weighted by atomic mass is 32.3. The van der Waals surface area contributed by atoms with E-state index in [9.17, 15) is 43.2 Å². The van der Waals surface area contributed by atoms with Crippen LogP contribution in [0, 0.1) is 0 Å². The van der Waals surface area contributed by atoms with Crippen LogP contribution in [0.15, 0.2) is 0 Å². The van der Waals surface area contributed by atoms with E-state index in [1.54, 1.807) is 0 Å². The van der Waals surface area contributed by atoms with Gasteiger partial charge in [-0.15, -0.1) is 0 Å². The molecular formula is C17H34F6NO4PS2. The van der Waals surface area contributed by atoms with Crippen LogP contribution in [0.4, 0.5) is 26.3 Å². The molecule has 0 amide bonds. The van der Waals surface area contributed by atoms with E-state index in [2.05, 4.69) is 26.9 Å². The Morgan fingerprint density at radius 2 is 0.903 bits per heavy atom. The van der Waals surface area contributed by atoms with Crippen molar-refractivity contribution in [1.29, 1.82) is 0 Å². The van der Waals surface area contributed by atoms with Crippen LogP contribution >= 0.6 is 7.26 Å². The molecule has 0 saturated heterocycles. The van der Waals surface area contributed by atoms with E-state index >= 15 is 0 Å².